The van der Waals surface area contributed by atoms with Crippen molar-refractivity contribution in [2.45, 2.75) is 40.0 Å². The summed E-state index contributed by atoms with van der Waals surface area (Å²) < 4.78 is 37.5. The van der Waals surface area contributed by atoms with Crippen LogP contribution in [0.1, 0.15) is 44.1 Å². The van der Waals surface area contributed by atoms with Crippen LogP contribution < -0.4 is 0 Å². The largest absolute Gasteiger partial charge is 0.478 e. The van der Waals surface area contributed by atoms with Crippen LogP contribution >= 0.6 is 11.6 Å². The number of nitrogens with zero attached hydrogens (tertiary/aromatic N) is 5. The molecule has 10 heteroatoms. The van der Waals surface area contributed by atoms with Gasteiger partial charge in [0.15, 0.2) is 5.83 Å². The number of halogens is 3. The molecule has 1 saturated heterocycles. The van der Waals surface area contributed by atoms with E-state index in [0.29, 0.717) is 56.0 Å². The maximum Gasteiger partial charge on any atom is 0.219 e. The van der Waals surface area contributed by atoms with Crippen molar-refractivity contribution < 1.29 is 18.3 Å². The summed E-state index contributed by atoms with van der Waals surface area (Å²) in [6, 6.07) is 6.41. The predicted octanol–water partition coefficient (Wildman–Crippen LogP) is 5.99. The number of aliphatic imine (C=N–C) groups is 1. The van der Waals surface area contributed by atoms with Crippen molar-refractivity contribution in [3.8, 4) is 0 Å². The van der Waals surface area contributed by atoms with Crippen molar-refractivity contribution in [1.82, 2.24) is 19.8 Å². The lowest BCUT2D eigenvalue weighted by molar-refractivity contribution is -0.130. The van der Waals surface area contributed by atoms with Crippen molar-refractivity contribution in [2.24, 2.45) is 4.99 Å². The fourth-order valence-electron chi connectivity index (χ4n) is 4.95. The third kappa shape index (κ3) is 7.08. The van der Waals surface area contributed by atoms with Crippen LogP contribution in [0.5, 0.6) is 0 Å². The Bertz CT molecular complexity index is 1430. The summed E-state index contributed by atoms with van der Waals surface area (Å²) in [6.45, 7) is 11.7. The number of rotatable bonds is 9. The standard InChI is InChI=1S/C31H34ClF2N5O2/c1-5-8-23-9-6-10-26(33)28(23)29-25(32)19-24(20(2)38-14-16-39(17-15-38)22(4)40)31(30(29)34)37-21(3)41-18-11-27-35-12-7-13-36-27/h6-7,9-10,12-13,19H,3,5,8,11,14-18H2,1-2,4H3/b24-20+,37-31+. The highest BCUT2D eigenvalue weighted by molar-refractivity contribution is 6.41. The second-order valence-electron chi connectivity index (χ2n) is 9.82. The molecule has 41 heavy (non-hydrogen) atoms. The first-order valence-corrected chi connectivity index (χ1v) is 14.0. The van der Waals surface area contributed by atoms with E-state index in [1.165, 1.54) is 6.07 Å². The van der Waals surface area contributed by atoms with E-state index in [1.54, 1.807) is 48.5 Å². The predicted molar refractivity (Wildman–Crippen MR) is 157 cm³/mol. The Morgan fingerprint density at radius 2 is 1.76 bits per heavy atom. The highest BCUT2D eigenvalue weighted by Crippen LogP contribution is 2.41. The number of carbonyl (C=O) groups excluding carboxylic acids is 1. The zero-order chi connectivity index (χ0) is 29.5. The van der Waals surface area contributed by atoms with Crippen molar-refractivity contribution in [3.05, 3.63) is 100 Å². The molecule has 1 aromatic carbocycles. The number of carbonyl (C=O) groups is 1. The van der Waals surface area contributed by atoms with E-state index in [9.17, 15) is 4.79 Å². The Labute approximate surface area is 244 Å². The molecule has 0 saturated carbocycles. The first-order valence-electron chi connectivity index (χ1n) is 13.6. The molecule has 1 amide bonds. The molecule has 2 aliphatic rings. The zero-order valence-electron chi connectivity index (χ0n) is 23.6. The molecule has 0 unspecified atom stereocenters. The highest BCUT2D eigenvalue weighted by Gasteiger charge is 2.31. The molecule has 2 heterocycles. The third-order valence-corrected chi connectivity index (χ3v) is 7.40. The number of ether oxygens (including phenoxy) is 1. The SMILES string of the molecule is C=C(/N=C1/C(F)=C(c2c(F)cccc2CCC)C(Cl)=C/C1=C(/C)N1CCN(C(C)=O)CC1)OCCc1ncccn1. The number of hydrogen-bond acceptors (Lipinski definition) is 6. The summed E-state index contributed by atoms with van der Waals surface area (Å²) in [5, 5.41) is 0.0772. The first kappa shape index (κ1) is 30.1. The number of amides is 1. The van der Waals surface area contributed by atoms with Crippen LogP contribution in [-0.4, -0.2) is 64.2 Å². The molecule has 7 nitrogen and oxygen atoms in total. The summed E-state index contributed by atoms with van der Waals surface area (Å²) in [4.78, 5) is 28.4. The summed E-state index contributed by atoms with van der Waals surface area (Å²) in [5.74, 6) is -0.718. The van der Waals surface area contributed by atoms with E-state index in [4.69, 9.17) is 16.3 Å². The van der Waals surface area contributed by atoms with Gasteiger partial charge in [0.05, 0.1) is 11.6 Å². The van der Waals surface area contributed by atoms with Gasteiger partial charge in [0, 0.05) is 74.3 Å². The van der Waals surface area contributed by atoms with Gasteiger partial charge < -0.3 is 14.5 Å². The summed E-state index contributed by atoms with van der Waals surface area (Å²) >= 11 is 6.72. The number of allylic oxidation sites excluding steroid dienone is 6. The van der Waals surface area contributed by atoms with E-state index in [2.05, 4.69) is 26.4 Å². The Balaban J connectivity index is 1.73. The van der Waals surface area contributed by atoms with Crippen LogP contribution in [0.15, 0.2) is 82.3 Å². The van der Waals surface area contributed by atoms with Crippen LogP contribution in [0, 0.1) is 5.82 Å². The molecule has 4 rings (SSSR count). The molecule has 0 spiro atoms. The van der Waals surface area contributed by atoms with Gasteiger partial charge in [-0.25, -0.2) is 23.7 Å². The first-order chi connectivity index (χ1) is 19.7. The quantitative estimate of drug-likeness (QED) is 0.340. The third-order valence-electron chi connectivity index (χ3n) is 7.10. The molecule has 0 radical (unpaired) electrons. The molecule has 1 aliphatic carbocycles. The Kier molecular flexibility index (Phi) is 10.0. The molecule has 0 atom stereocenters. The van der Waals surface area contributed by atoms with Crippen LogP contribution in [0.2, 0.25) is 0 Å². The van der Waals surface area contributed by atoms with Crippen molar-refractivity contribution in [2.75, 3.05) is 32.8 Å². The van der Waals surface area contributed by atoms with Crippen molar-refractivity contribution in [3.63, 3.8) is 0 Å². The van der Waals surface area contributed by atoms with Crippen LogP contribution in [0.4, 0.5) is 8.78 Å². The number of benzene rings is 1. The van der Waals surface area contributed by atoms with E-state index in [-0.39, 0.29) is 40.3 Å². The minimum atomic E-state index is -0.757. The van der Waals surface area contributed by atoms with E-state index in [1.807, 2.05) is 13.8 Å². The molecular formula is C31H34ClF2N5O2. The minimum Gasteiger partial charge on any atom is -0.478 e. The van der Waals surface area contributed by atoms with Crippen LogP contribution in [0.25, 0.3) is 5.57 Å². The van der Waals surface area contributed by atoms with Gasteiger partial charge in [-0.1, -0.05) is 37.1 Å². The molecule has 1 aromatic heterocycles. The average molecular weight is 582 g/mol. The van der Waals surface area contributed by atoms with Gasteiger partial charge in [0.25, 0.3) is 0 Å². The number of hydrogen-bond donors (Lipinski definition) is 0. The second-order valence-corrected chi connectivity index (χ2v) is 10.2. The average Bonchev–Trinajstić information content (AvgIpc) is 2.96. The lowest BCUT2D eigenvalue weighted by Gasteiger charge is -2.37. The zero-order valence-corrected chi connectivity index (χ0v) is 24.3. The van der Waals surface area contributed by atoms with Gasteiger partial charge >= 0.3 is 0 Å². The molecule has 1 aliphatic heterocycles. The second kappa shape index (κ2) is 13.7. The molecular weight excluding hydrogens is 548 g/mol. The maximum atomic E-state index is 16.6. The Morgan fingerprint density at radius 1 is 1.07 bits per heavy atom. The maximum absolute atomic E-state index is 16.6. The van der Waals surface area contributed by atoms with Gasteiger partial charge in [0.1, 0.15) is 17.4 Å². The topological polar surface area (TPSA) is 70.9 Å². The Hall–Kier alpha value is -3.85. The van der Waals surface area contributed by atoms with Gasteiger partial charge in [-0.05, 0) is 43.7 Å². The van der Waals surface area contributed by atoms with Crippen LogP contribution in [-0.2, 0) is 22.4 Å². The van der Waals surface area contributed by atoms with Gasteiger partial charge in [-0.3, -0.25) is 4.79 Å². The lowest BCUT2D eigenvalue weighted by atomic mass is 9.88. The van der Waals surface area contributed by atoms with E-state index < -0.39 is 11.6 Å². The van der Waals surface area contributed by atoms with Gasteiger partial charge in [-0.15, -0.1) is 0 Å². The van der Waals surface area contributed by atoms with Crippen molar-refractivity contribution >= 4 is 28.8 Å². The molecule has 216 valence electrons. The fourth-order valence-corrected chi connectivity index (χ4v) is 5.24. The molecule has 2 aromatic rings. The molecule has 0 N–H and O–H groups in total. The smallest absolute Gasteiger partial charge is 0.219 e. The fraction of sp³-hybridized carbons (Fsp3) is 0.355. The summed E-state index contributed by atoms with van der Waals surface area (Å²) in [7, 11) is 0. The number of piperazine rings is 1. The van der Waals surface area contributed by atoms with E-state index >= 15 is 8.78 Å². The van der Waals surface area contributed by atoms with Crippen molar-refractivity contribution in [1.29, 1.82) is 0 Å². The molecule has 0 bridgehead atoms. The highest BCUT2D eigenvalue weighted by atomic mass is 35.5. The Morgan fingerprint density at radius 3 is 2.41 bits per heavy atom. The number of aromatic nitrogens is 2. The minimum absolute atomic E-state index is 0.00846. The summed E-state index contributed by atoms with van der Waals surface area (Å²) in [6.07, 6.45) is 6.63. The monoisotopic (exact) mass is 581 g/mol. The van der Waals surface area contributed by atoms with Crippen LogP contribution in [0.3, 0.4) is 0 Å². The van der Waals surface area contributed by atoms with Gasteiger partial charge in [-0.2, -0.15) is 0 Å². The van der Waals surface area contributed by atoms with E-state index in [0.717, 1.165) is 12.1 Å². The molecule has 1 fully saturated rings. The normalized spacial score (nSPS) is 18.0. The van der Waals surface area contributed by atoms with Gasteiger partial charge in [0.2, 0.25) is 11.8 Å². The summed E-state index contributed by atoms with van der Waals surface area (Å²) in [5.41, 5.74) is 1.87. The lowest BCUT2D eigenvalue weighted by Crippen LogP contribution is -2.47. The number of aryl methyl sites for hydroxylation is 1.